The molecule has 10 heteroatoms. The van der Waals surface area contributed by atoms with Crippen LogP contribution in [-0.4, -0.2) is 32.8 Å². The number of hydrogen-bond acceptors (Lipinski definition) is 9. The van der Waals surface area contributed by atoms with Crippen LogP contribution in [0.5, 0.6) is 5.75 Å². The van der Waals surface area contributed by atoms with Crippen molar-refractivity contribution in [1.29, 1.82) is 0 Å². The molecule has 0 saturated carbocycles. The number of anilines is 1. The number of nitrogens with zero attached hydrogens (tertiary/aromatic N) is 5. The zero-order valence-electron chi connectivity index (χ0n) is 13.5. The Labute approximate surface area is 152 Å². The number of ether oxygens (including phenoxy) is 1. The Morgan fingerprint density at radius 2 is 2.20 bits per heavy atom. The van der Waals surface area contributed by atoms with Crippen LogP contribution < -0.4 is 5.32 Å². The molecule has 1 aromatic carbocycles. The lowest BCUT2D eigenvalue weighted by Gasteiger charge is -2.10. The molecule has 2 heterocycles. The van der Waals surface area contributed by atoms with Gasteiger partial charge >= 0.3 is 0 Å². The number of fused-ring (bicyclic) bond motifs is 1. The lowest BCUT2D eigenvalue weighted by Crippen LogP contribution is -2.05. The molecule has 3 aromatic rings. The van der Waals surface area contributed by atoms with E-state index in [1.54, 1.807) is 19.2 Å². The van der Waals surface area contributed by atoms with Gasteiger partial charge in [-0.25, -0.2) is 9.97 Å². The van der Waals surface area contributed by atoms with E-state index in [1.165, 1.54) is 17.6 Å². The van der Waals surface area contributed by atoms with E-state index in [9.17, 15) is 5.11 Å². The van der Waals surface area contributed by atoms with Crippen LogP contribution in [0.15, 0.2) is 28.6 Å². The minimum Gasteiger partial charge on any atom is -0.504 e. The first kappa shape index (κ1) is 17.5. The molecule has 25 heavy (non-hydrogen) atoms. The lowest BCUT2D eigenvalue weighted by molar-refractivity contribution is 0.166. The van der Waals surface area contributed by atoms with E-state index in [-0.39, 0.29) is 17.5 Å². The van der Waals surface area contributed by atoms with Crippen LogP contribution in [0.4, 0.5) is 16.4 Å². The predicted molar refractivity (Wildman–Crippen MR) is 97.4 cm³/mol. The van der Waals surface area contributed by atoms with E-state index in [0.29, 0.717) is 34.5 Å². The van der Waals surface area contributed by atoms with Gasteiger partial charge in [-0.2, -0.15) is 4.37 Å². The number of aryl methyl sites for hydroxylation is 1. The van der Waals surface area contributed by atoms with Crippen LogP contribution in [0.1, 0.15) is 12.7 Å². The van der Waals surface area contributed by atoms with Crippen molar-refractivity contribution >= 4 is 50.5 Å². The minimum atomic E-state index is -0.0626. The van der Waals surface area contributed by atoms with Crippen molar-refractivity contribution in [3.05, 3.63) is 29.2 Å². The van der Waals surface area contributed by atoms with Crippen molar-refractivity contribution in [3.8, 4) is 5.75 Å². The Kier molecular flexibility index (Phi) is 5.37. The highest BCUT2D eigenvalue weighted by Crippen LogP contribution is 2.37. The molecule has 0 atom stereocenters. The van der Waals surface area contributed by atoms with E-state index in [2.05, 4.69) is 29.9 Å². The maximum absolute atomic E-state index is 9.99. The number of phenolic OH excluding ortho intramolecular Hbond substituents is 1. The van der Waals surface area contributed by atoms with Crippen molar-refractivity contribution in [2.24, 2.45) is 10.2 Å². The van der Waals surface area contributed by atoms with Crippen LogP contribution in [0, 0.1) is 6.92 Å². The number of benzene rings is 1. The first-order valence-electron chi connectivity index (χ1n) is 7.43. The Balaban J connectivity index is 1.87. The van der Waals surface area contributed by atoms with Gasteiger partial charge in [0, 0.05) is 12.8 Å². The molecule has 0 aliphatic heterocycles. The Hall–Kier alpha value is -2.36. The number of halogens is 1. The monoisotopic (exact) mass is 378 g/mol. The molecule has 0 spiro atoms. The van der Waals surface area contributed by atoms with Crippen molar-refractivity contribution in [2.75, 3.05) is 18.7 Å². The fourth-order valence-corrected chi connectivity index (χ4v) is 2.84. The predicted octanol–water partition coefficient (Wildman–Crippen LogP) is 4.58. The Bertz CT molecular complexity index is 930. The third kappa shape index (κ3) is 4.01. The molecule has 0 radical (unpaired) electrons. The van der Waals surface area contributed by atoms with Gasteiger partial charge in [0.05, 0.1) is 21.8 Å². The summed E-state index contributed by atoms with van der Waals surface area (Å²) < 4.78 is 9.44. The van der Waals surface area contributed by atoms with E-state index in [1.807, 2.05) is 6.92 Å². The molecule has 2 aromatic heterocycles. The highest BCUT2D eigenvalue weighted by molar-refractivity contribution is 7.11. The summed E-state index contributed by atoms with van der Waals surface area (Å²) in [6, 6.07) is 3.16. The topological polar surface area (TPSA) is 105 Å². The first-order chi connectivity index (χ1) is 12.1. The highest BCUT2D eigenvalue weighted by atomic mass is 35.5. The van der Waals surface area contributed by atoms with Crippen molar-refractivity contribution in [1.82, 2.24) is 14.3 Å². The van der Waals surface area contributed by atoms with Gasteiger partial charge in [-0.05, 0) is 37.5 Å². The Morgan fingerprint density at radius 3 is 3.00 bits per heavy atom. The average molecular weight is 379 g/mol. The summed E-state index contributed by atoms with van der Waals surface area (Å²) in [6.07, 6.45) is 1.67. The van der Waals surface area contributed by atoms with Crippen LogP contribution in [0.25, 0.3) is 11.0 Å². The number of azo groups is 1. The molecule has 2 N–H and O–H groups in total. The number of rotatable bonds is 6. The van der Waals surface area contributed by atoms with Gasteiger partial charge in [-0.3, -0.25) is 0 Å². The summed E-state index contributed by atoms with van der Waals surface area (Å²) in [6.45, 7) is 4.48. The summed E-state index contributed by atoms with van der Waals surface area (Å²) in [5.74, 6) is 0.587. The third-order valence-corrected chi connectivity index (χ3v) is 4.24. The largest absolute Gasteiger partial charge is 0.504 e. The molecular formula is C15H15ClN6O2S. The summed E-state index contributed by atoms with van der Waals surface area (Å²) in [7, 11) is 0. The quantitative estimate of drug-likeness (QED) is 0.281. The third-order valence-electron chi connectivity index (χ3n) is 3.21. The van der Waals surface area contributed by atoms with Gasteiger partial charge in [0.1, 0.15) is 12.6 Å². The number of aromatic hydroxyl groups is 1. The SMILES string of the molecule is CCOCNc1cc(N=Nc2snc3nc(C)ncc23)cc(Cl)c1O. The molecule has 0 fully saturated rings. The highest BCUT2D eigenvalue weighted by Gasteiger charge is 2.10. The van der Waals surface area contributed by atoms with Crippen LogP contribution in [0.2, 0.25) is 5.02 Å². The summed E-state index contributed by atoms with van der Waals surface area (Å²) in [5.41, 5.74) is 1.49. The first-order valence-corrected chi connectivity index (χ1v) is 8.58. The van der Waals surface area contributed by atoms with Gasteiger partial charge in [0.25, 0.3) is 0 Å². The Morgan fingerprint density at radius 1 is 1.36 bits per heavy atom. The summed E-state index contributed by atoms with van der Waals surface area (Å²) >= 11 is 7.23. The lowest BCUT2D eigenvalue weighted by atomic mass is 10.2. The maximum Gasteiger partial charge on any atom is 0.178 e. The normalized spacial score (nSPS) is 11.5. The molecule has 0 amide bonds. The molecule has 0 saturated heterocycles. The maximum atomic E-state index is 9.99. The second kappa shape index (κ2) is 7.68. The van der Waals surface area contributed by atoms with Crippen LogP contribution >= 0.6 is 23.1 Å². The number of nitrogens with one attached hydrogen (secondary N) is 1. The molecule has 3 rings (SSSR count). The molecular weight excluding hydrogens is 364 g/mol. The average Bonchev–Trinajstić information content (AvgIpc) is 2.99. The van der Waals surface area contributed by atoms with Gasteiger partial charge < -0.3 is 15.2 Å². The zero-order chi connectivity index (χ0) is 17.8. The van der Waals surface area contributed by atoms with E-state index in [0.717, 1.165) is 5.39 Å². The number of hydrogen-bond donors (Lipinski definition) is 2. The van der Waals surface area contributed by atoms with Gasteiger partial charge in [-0.1, -0.05) is 11.6 Å². The summed E-state index contributed by atoms with van der Waals surface area (Å²) in [5, 5.41) is 22.8. The fraction of sp³-hybridized carbons (Fsp3) is 0.267. The van der Waals surface area contributed by atoms with Gasteiger partial charge in [-0.15, -0.1) is 10.2 Å². The minimum absolute atomic E-state index is 0.0626. The van der Waals surface area contributed by atoms with Gasteiger partial charge in [0.15, 0.2) is 16.4 Å². The van der Waals surface area contributed by atoms with E-state index >= 15 is 0 Å². The zero-order valence-corrected chi connectivity index (χ0v) is 15.1. The smallest absolute Gasteiger partial charge is 0.178 e. The standard InChI is InChI=1S/C15H15ClN6O2S/c1-3-24-7-18-12-5-9(4-11(16)13(12)23)20-21-15-10-6-17-8(2)19-14(10)22-25-15/h4-6,18,23H,3,7H2,1-2H3. The molecule has 130 valence electrons. The molecule has 0 aliphatic carbocycles. The van der Waals surface area contributed by atoms with E-state index < -0.39 is 0 Å². The van der Waals surface area contributed by atoms with Crippen LogP contribution in [0.3, 0.4) is 0 Å². The van der Waals surface area contributed by atoms with E-state index in [4.69, 9.17) is 16.3 Å². The summed E-state index contributed by atoms with van der Waals surface area (Å²) in [4.78, 5) is 8.39. The molecule has 0 aliphatic rings. The van der Waals surface area contributed by atoms with Gasteiger partial charge in [0.2, 0.25) is 0 Å². The fourth-order valence-electron chi connectivity index (χ4n) is 2.00. The molecule has 0 unspecified atom stereocenters. The second-order valence-corrected chi connectivity index (χ2v) is 6.14. The number of aromatic nitrogens is 3. The van der Waals surface area contributed by atoms with Crippen molar-refractivity contribution in [3.63, 3.8) is 0 Å². The number of phenols is 1. The second-order valence-electron chi connectivity index (χ2n) is 4.98. The molecule has 0 bridgehead atoms. The van der Waals surface area contributed by atoms with Crippen molar-refractivity contribution in [2.45, 2.75) is 13.8 Å². The van der Waals surface area contributed by atoms with Crippen molar-refractivity contribution < 1.29 is 9.84 Å². The van der Waals surface area contributed by atoms with Crippen LogP contribution in [-0.2, 0) is 4.74 Å². The molecule has 8 nitrogen and oxygen atoms in total.